The van der Waals surface area contributed by atoms with Gasteiger partial charge in [-0.3, -0.25) is 4.79 Å². The van der Waals surface area contributed by atoms with E-state index in [0.717, 1.165) is 10.4 Å². The first-order valence-electron chi connectivity index (χ1n) is 5.71. The highest BCUT2D eigenvalue weighted by atomic mass is 32.1. The van der Waals surface area contributed by atoms with Crippen molar-refractivity contribution in [2.24, 2.45) is 0 Å². The molecule has 4 nitrogen and oxygen atoms in total. The molecule has 2 aromatic rings. The molecule has 0 saturated carbocycles. The van der Waals surface area contributed by atoms with E-state index in [1.165, 1.54) is 23.5 Å². The Hall–Kier alpha value is -1.95. The van der Waals surface area contributed by atoms with Crippen molar-refractivity contribution in [3.63, 3.8) is 0 Å². The summed E-state index contributed by atoms with van der Waals surface area (Å²) < 4.78 is 12.7. The van der Waals surface area contributed by atoms with Crippen LogP contribution in [0.25, 0.3) is 0 Å². The number of anilines is 1. The van der Waals surface area contributed by atoms with E-state index in [9.17, 15) is 9.18 Å². The van der Waals surface area contributed by atoms with Crippen molar-refractivity contribution >= 4 is 22.4 Å². The van der Waals surface area contributed by atoms with Gasteiger partial charge in [0, 0.05) is 11.4 Å². The molecule has 1 heterocycles. The van der Waals surface area contributed by atoms with Crippen LogP contribution in [0.15, 0.2) is 24.3 Å². The van der Waals surface area contributed by atoms with Crippen LogP contribution in [-0.2, 0) is 17.8 Å². The molecule has 0 aliphatic rings. The minimum absolute atomic E-state index is 0.0689. The van der Waals surface area contributed by atoms with E-state index in [2.05, 4.69) is 10.3 Å². The quantitative estimate of drug-likeness (QED) is 0.884. The Morgan fingerprint density at radius 2 is 2.11 bits per heavy atom. The molecule has 0 saturated heterocycles. The molecule has 1 aromatic heterocycles. The summed E-state index contributed by atoms with van der Waals surface area (Å²) >= 11 is 1.42. The summed E-state index contributed by atoms with van der Waals surface area (Å²) in [6.45, 7) is 2.37. The standard InChI is InChI=1S/C13H13FN2O2S/c1-8-11(6-12(17)18)16-13(19-8)15-7-9-2-4-10(14)5-3-9/h2-5H,6-7H2,1H3,(H,15,16)(H,17,18). The topological polar surface area (TPSA) is 62.2 Å². The fourth-order valence-corrected chi connectivity index (χ4v) is 2.42. The highest BCUT2D eigenvalue weighted by Crippen LogP contribution is 2.23. The maximum Gasteiger partial charge on any atom is 0.309 e. The number of rotatable bonds is 5. The summed E-state index contributed by atoms with van der Waals surface area (Å²) in [6.07, 6.45) is -0.0689. The van der Waals surface area contributed by atoms with Gasteiger partial charge in [0.25, 0.3) is 0 Å². The summed E-state index contributed by atoms with van der Waals surface area (Å²) in [5, 5.41) is 12.5. The predicted octanol–water partition coefficient (Wildman–Crippen LogP) is 2.83. The average molecular weight is 280 g/mol. The summed E-state index contributed by atoms with van der Waals surface area (Å²) in [5.41, 5.74) is 1.52. The Labute approximate surface area is 113 Å². The fourth-order valence-electron chi connectivity index (χ4n) is 1.59. The summed E-state index contributed by atoms with van der Waals surface area (Å²) in [5.74, 6) is -1.16. The van der Waals surface area contributed by atoms with E-state index in [-0.39, 0.29) is 12.2 Å². The number of carbonyl (C=O) groups is 1. The smallest absolute Gasteiger partial charge is 0.309 e. The van der Waals surface area contributed by atoms with E-state index in [1.807, 2.05) is 6.92 Å². The normalized spacial score (nSPS) is 10.4. The van der Waals surface area contributed by atoms with Crippen molar-refractivity contribution in [3.05, 3.63) is 46.2 Å². The number of nitrogens with one attached hydrogen (secondary N) is 1. The number of hydrogen-bond acceptors (Lipinski definition) is 4. The molecule has 0 unspecified atom stereocenters. The largest absolute Gasteiger partial charge is 0.481 e. The third kappa shape index (κ3) is 3.75. The van der Waals surface area contributed by atoms with Gasteiger partial charge >= 0.3 is 5.97 Å². The number of aliphatic carboxylic acids is 1. The number of benzene rings is 1. The van der Waals surface area contributed by atoms with Crippen LogP contribution in [0, 0.1) is 12.7 Å². The highest BCUT2D eigenvalue weighted by Gasteiger charge is 2.10. The van der Waals surface area contributed by atoms with Crippen LogP contribution in [0.2, 0.25) is 0 Å². The number of carboxylic acid groups (broad SMARTS) is 1. The maximum atomic E-state index is 12.7. The van der Waals surface area contributed by atoms with Crippen molar-refractivity contribution in [1.82, 2.24) is 4.98 Å². The van der Waals surface area contributed by atoms with Crippen LogP contribution < -0.4 is 5.32 Å². The molecule has 0 atom stereocenters. The van der Waals surface area contributed by atoms with Gasteiger partial charge in [-0.1, -0.05) is 12.1 Å². The van der Waals surface area contributed by atoms with Crippen LogP contribution in [0.5, 0.6) is 0 Å². The van der Waals surface area contributed by atoms with E-state index in [4.69, 9.17) is 5.11 Å². The zero-order valence-electron chi connectivity index (χ0n) is 10.3. The van der Waals surface area contributed by atoms with E-state index < -0.39 is 5.97 Å². The maximum absolute atomic E-state index is 12.7. The third-order valence-electron chi connectivity index (χ3n) is 2.57. The lowest BCUT2D eigenvalue weighted by molar-refractivity contribution is -0.136. The van der Waals surface area contributed by atoms with Gasteiger partial charge in [0.2, 0.25) is 0 Å². The van der Waals surface area contributed by atoms with Gasteiger partial charge in [0.15, 0.2) is 5.13 Å². The highest BCUT2D eigenvalue weighted by molar-refractivity contribution is 7.15. The van der Waals surface area contributed by atoms with Crippen molar-refractivity contribution in [1.29, 1.82) is 0 Å². The molecule has 0 aliphatic heterocycles. The number of aryl methyl sites for hydroxylation is 1. The van der Waals surface area contributed by atoms with Gasteiger partial charge in [0.05, 0.1) is 12.1 Å². The van der Waals surface area contributed by atoms with E-state index >= 15 is 0 Å². The fraction of sp³-hybridized carbons (Fsp3) is 0.231. The summed E-state index contributed by atoms with van der Waals surface area (Å²) in [7, 11) is 0. The molecule has 19 heavy (non-hydrogen) atoms. The molecule has 2 rings (SSSR count). The van der Waals surface area contributed by atoms with Crippen LogP contribution in [0.1, 0.15) is 16.1 Å². The molecule has 100 valence electrons. The molecule has 0 amide bonds. The molecule has 0 bridgehead atoms. The molecule has 0 aliphatic carbocycles. The first-order chi connectivity index (χ1) is 9.04. The Kier molecular flexibility index (Phi) is 4.11. The van der Waals surface area contributed by atoms with Gasteiger partial charge in [-0.25, -0.2) is 9.37 Å². The number of aromatic nitrogens is 1. The molecule has 2 N–H and O–H groups in total. The van der Waals surface area contributed by atoms with Crippen molar-refractivity contribution < 1.29 is 14.3 Å². The number of thiazole rings is 1. The van der Waals surface area contributed by atoms with Gasteiger partial charge in [0.1, 0.15) is 5.82 Å². The number of halogens is 1. The number of hydrogen-bond donors (Lipinski definition) is 2. The number of nitrogens with zero attached hydrogens (tertiary/aromatic N) is 1. The second-order valence-corrected chi connectivity index (χ2v) is 5.28. The monoisotopic (exact) mass is 280 g/mol. The Morgan fingerprint density at radius 1 is 1.42 bits per heavy atom. The molecular weight excluding hydrogens is 267 g/mol. The van der Waals surface area contributed by atoms with Crippen LogP contribution >= 0.6 is 11.3 Å². The summed E-state index contributed by atoms with van der Waals surface area (Å²) in [4.78, 5) is 15.8. The molecule has 0 radical (unpaired) electrons. The van der Waals surface area contributed by atoms with Crippen molar-refractivity contribution in [2.45, 2.75) is 19.9 Å². The van der Waals surface area contributed by atoms with Crippen molar-refractivity contribution in [2.75, 3.05) is 5.32 Å². The Bertz CT molecular complexity index is 581. The van der Waals surface area contributed by atoms with Crippen LogP contribution in [0.3, 0.4) is 0 Å². The Balaban J connectivity index is 1.99. The average Bonchev–Trinajstić information content (AvgIpc) is 2.69. The number of carboxylic acids is 1. The van der Waals surface area contributed by atoms with Crippen LogP contribution in [0.4, 0.5) is 9.52 Å². The minimum atomic E-state index is -0.890. The molecular formula is C13H13FN2O2S. The van der Waals surface area contributed by atoms with Gasteiger partial charge in [-0.2, -0.15) is 0 Å². The molecule has 1 aromatic carbocycles. The summed E-state index contributed by atoms with van der Waals surface area (Å²) in [6, 6.07) is 6.20. The lowest BCUT2D eigenvalue weighted by atomic mass is 10.2. The third-order valence-corrected chi connectivity index (χ3v) is 3.54. The SMILES string of the molecule is Cc1sc(NCc2ccc(F)cc2)nc1CC(=O)O. The lowest BCUT2D eigenvalue weighted by Crippen LogP contribution is -2.03. The van der Waals surface area contributed by atoms with Gasteiger partial charge < -0.3 is 10.4 Å². The zero-order valence-corrected chi connectivity index (χ0v) is 11.1. The van der Waals surface area contributed by atoms with E-state index in [0.29, 0.717) is 17.4 Å². The van der Waals surface area contributed by atoms with Gasteiger partial charge in [-0.05, 0) is 24.6 Å². The molecule has 6 heteroatoms. The molecule has 0 spiro atoms. The second-order valence-electron chi connectivity index (χ2n) is 4.07. The Morgan fingerprint density at radius 3 is 2.74 bits per heavy atom. The van der Waals surface area contributed by atoms with Gasteiger partial charge in [-0.15, -0.1) is 11.3 Å². The first-order valence-corrected chi connectivity index (χ1v) is 6.52. The van der Waals surface area contributed by atoms with E-state index in [1.54, 1.807) is 12.1 Å². The minimum Gasteiger partial charge on any atom is -0.481 e. The first kappa shape index (κ1) is 13.5. The van der Waals surface area contributed by atoms with Crippen molar-refractivity contribution in [3.8, 4) is 0 Å². The second kappa shape index (κ2) is 5.79. The zero-order chi connectivity index (χ0) is 13.8. The lowest BCUT2D eigenvalue weighted by Gasteiger charge is -2.02. The molecule has 0 fully saturated rings. The predicted molar refractivity (Wildman–Crippen MR) is 71.9 cm³/mol. The van der Waals surface area contributed by atoms with Crippen LogP contribution in [-0.4, -0.2) is 16.1 Å².